The summed E-state index contributed by atoms with van der Waals surface area (Å²) in [4.78, 5) is 11.1. The van der Waals surface area contributed by atoms with E-state index in [1.165, 1.54) is 0 Å². The Morgan fingerprint density at radius 2 is 1.67 bits per heavy atom. The van der Waals surface area contributed by atoms with Crippen LogP contribution in [0.25, 0.3) is 0 Å². The first-order chi connectivity index (χ1) is 12.4. The van der Waals surface area contributed by atoms with Crippen molar-refractivity contribution < 1.29 is 41.0 Å². The Morgan fingerprint density at radius 3 is 2.11 bits per heavy atom. The summed E-state index contributed by atoms with van der Waals surface area (Å²) in [5.41, 5.74) is -3.95. The number of ether oxygens (including phenoxy) is 1. The Morgan fingerprint density at radius 1 is 1.11 bits per heavy atom. The zero-order valence-electron chi connectivity index (χ0n) is 13.7. The first-order valence-corrected chi connectivity index (χ1v) is 7.51. The Kier molecular flexibility index (Phi) is 5.66. The quantitative estimate of drug-likeness (QED) is 0.750. The number of carboxylic acid groups (broad SMARTS) is 1. The highest BCUT2D eigenvalue weighted by molar-refractivity contribution is 5.87. The molecule has 0 aliphatic heterocycles. The zero-order chi connectivity index (χ0) is 20.4. The molecule has 1 aromatic heterocycles. The maximum Gasteiger partial charge on any atom is 0.416 e. The molecule has 0 aliphatic carbocycles. The second-order valence-electron chi connectivity index (χ2n) is 5.47. The van der Waals surface area contributed by atoms with Crippen LogP contribution in [0.3, 0.4) is 0 Å². The molecule has 0 bridgehead atoms. The fraction of sp³-hybridized carbons (Fsp3) is 0.400. The minimum atomic E-state index is -4.99. The number of rotatable bonds is 6. The average molecular weight is 397 g/mol. The van der Waals surface area contributed by atoms with E-state index >= 15 is 0 Å². The summed E-state index contributed by atoms with van der Waals surface area (Å²) in [6.07, 6.45) is -9.51. The van der Waals surface area contributed by atoms with Crippen molar-refractivity contribution in [2.75, 3.05) is 6.61 Å². The number of nitrogens with zero attached hydrogens (tertiary/aromatic N) is 3. The van der Waals surface area contributed by atoms with Gasteiger partial charge < -0.3 is 9.84 Å². The van der Waals surface area contributed by atoms with Gasteiger partial charge in [0.2, 0.25) is 11.6 Å². The Hall–Kier alpha value is -2.79. The van der Waals surface area contributed by atoms with E-state index in [4.69, 9.17) is 9.84 Å². The molecular weight excluding hydrogens is 384 g/mol. The highest BCUT2D eigenvalue weighted by atomic mass is 19.4. The summed E-state index contributed by atoms with van der Waals surface area (Å²) in [7, 11) is 0. The van der Waals surface area contributed by atoms with Gasteiger partial charge in [-0.25, -0.2) is 9.48 Å². The highest BCUT2D eigenvalue weighted by Gasteiger charge is 2.37. The van der Waals surface area contributed by atoms with Gasteiger partial charge in [-0.15, -0.1) is 5.10 Å². The molecule has 148 valence electrons. The molecule has 1 aromatic carbocycles. The minimum absolute atomic E-state index is 0.00200. The molecule has 0 spiro atoms. The summed E-state index contributed by atoms with van der Waals surface area (Å²) in [5, 5.41) is 15.9. The van der Waals surface area contributed by atoms with E-state index in [2.05, 4.69) is 10.3 Å². The van der Waals surface area contributed by atoms with Gasteiger partial charge in [0, 0.05) is 0 Å². The maximum atomic E-state index is 12.9. The molecule has 1 N–H and O–H groups in total. The molecular formula is C15H13F6N3O3. The van der Waals surface area contributed by atoms with Crippen LogP contribution in [-0.4, -0.2) is 32.7 Å². The van der Waals surface area contributed by atoms with Crippen LogP contribution in [0.4, 0.5) is 26.3 Å². The van der Waals surface area contributed by atoms with Crippen LogP contribution in [-0.2, 0) is 18.9 Å². The zero-order valence-corrected chi connectivity index (χ0v) is 13.7. The minimum Gasteiger partial charge on any atom is -0.476 e. The van der Waals surface area contributed by atoms with Gasteiger partial charge >= 0.3 is 18.3 Å². The number of hydrogen-bond donors (Lipinski definition) is 1. The maximum absolute atomic E-state index is 12.9. The summed E-state index contributed by atoms with van der Waals surface area (Å²) in [5.74, 6) is -1.84. The molecule has 12 heteroatoms. The number of hydrogen-bond acceptors (Lipinski definition) is 4. The molecule has 1 heterocycles. The third kappa shape index (κ3) is 4.89. The van der Waals surface area contributed by atoms with Crippen LogP contribution in [0.1, 0.15) is 40.5 Å². The van der Waals surface area contributed by atoms with Crippen LogP contribution in [0, 0.1) is 0 Å². The van der Waals surface area contributed by atoms with E-state index in [0.717, 1.165) is 4.68 Å². The summed E-state index contributed by atoms with van der Waals surface area (Å²) < 4.78 is 83.6. The van der Waals surface area contributed by atoms with Crippen molar-refractivity contribution in [2.24, 2.45) is 0 Å². The molecule has 0 aliphatic rings. The van der Waals surface area contributed by atoms with Gasteiger partial charge in [-0.1, -0.05) is 12.1 Å². The van der Waals surface area contributed by atoms with Gasteiger partial charge in [-0.05, 0) is 30.2 Å². The van der Waals surface area contributed by atoms with Crippen molar-refractivity contribution in [3.05, 3.63) is 40.6 Å². The third-order valence-corrected chi connectivity index (χ3v) is 3.31. The lowest BCUT2D eigenvalue weighted by Gasteiger charge is -2.15. The van der Waals surface area contributed by atoms with Crippen molar-refractivity contribution in [1.82, 2.24) is 15.0 Å². The molecule has 2 rings (SSSR count). The van der Waals surface area contributed by atoms with Gasteiger partial charge in [-0.3, -0.25) is 0 Å². The van der Waals surface area contributed by atoms with Crippen molar-refractivity contribution in [1.29, 1.82) is 0 Å². The van der Waals surface area contributed by atoms with E-state index in [9.17, 15) is 31.1 Å². The summed E-state index contributed by atoms with van der Waals surface area (Å²) >= 11 is 0. The topological polar surface area (TPSA) is 77.2 Å². The highest BCUT2D eigenvalue weighted by Crippen LogP contribution is 2.36. The number of carbonyl (C=O) groups is 1. The standard InChI is InChI=1S/C15H13F6N3O3/c1-2-3-27-12-11(13(25)26)22-23-24(12)7-8-4-9(14(16,17)18)6-10(5-8)15(19,20)21/h4-6H,2-3,7H2,1H3,(H,25,26). The van der Waals surface area contributed by atoms with Crippen molar-refractivity contribution in [2.45, 2.75) is 32.2 Å². The van der Waals surface area contributed by atoms with Crippen LogP contribution in [0.2, 0.25) is 0 Å². The second kappa shape index (κ2) is 7.45. The van der Waals surface area contributed by atoms with Crippen LogP contribution >= 0.6 is 0 Å². The molecule has 0 unspecified atom stereocenters. The van der Waals surface area contributed by atoms with E-state index in [1.54, 1.807) is 6.92 Å². The fourth-order valence-electron chi connectivity index (χ4n) is 2.17. The van der Waals surface area contributed by atoms with Crippen molar-refractivity contribution in [3.63, 3.8) is 0 Å². The van der Waals surface area contributed by atoms with Crippen molar-refractivity contribution >= 4 is 5.97 Å². The predicted molar refractivity (Wildman–Crippen MR) is 78.3 cm³/mol. The van der Waals surface area contributed by atoms with E-state index in [-0.39, 0.29) is 24.1 Å². The average Bonchev–Trinajstić information content (AvgIpc) is 2.93. The van der Waals surface area contributed by atoms with E-state index in [0.29, 0.717) is 18.6 Å². The van der Waals surface area contributed by atoms with Crippen LogP contribution in [0.5, 0.6) is 5.88 Å². The largest absolute Gasteiger partial charge is 0.476 e. The van der Waals surface area contributed by atoms with Gasteiger partial charge in [0.1, 0.15) is 0 Å². The Labute approximate surface area is 148 Å². The molecule has 6 nitrogen and oxygen atoms in total. The molecule has 0 atom stereocenters. The lowest BCUT2D eigenvalue weighted by molar-refractivity contribution is -0.143. The molecule has 0 saturated heterocycles. The molecule has 0 saturated carbocycles. The fourth-order valence-corrected chi connectivity index (χ4v) is 2.17. The van der Waals surface area contributed by atoms with E-state index in [1.807, 2.05) is 0 Å². The van der Waals surface area contributed by atoms with Gasteiger partial charge in [0.15, 0.2) is 0 Å². The molecule has 0 fully saturated rings. The van der Waals surface area contributed by atoms with Crippen molar-refractivity contribution in [3.8, 4) is 5.88 Å². The van der Waals surface area contributed by atoms with Gasteiger partial charge in [0.05, 0.1) is 24.3 Å². The number of benzene rings is 1. The molecule has 0 amide bonds. The third-order valence-electron chi connectivity index (χ3n) is 3.31. The lowest BCUT2D eigenvalue weighted by atomic mass is 10.0. The van der Waals surface area contributed by atoms with Gasteiger partial charge in [0.25, 0.3) is 0 Å². The number of carboxylic acids is 1. The summed E-state index contributed by atoms with van der Waals surface area (Å²) in [6.45, 7) is 1.19. The molecule has 27 heavy (non-hydrogen) atoms. The smallest absolute Gasteiger partial charge is 0.416 e. The SMILES string of the molecule is CCCOc1c(C(=O)O)nnn1Cc1cc(C(F)(F)F)cc(C(F)(F)F)c1. The number of halogens is 6. The lowest BCUT2D eigenvalue weighted by Crippen LogP contribution is -2.14. The van der Waals surface area contributed by atoms with Gasteiger partial charge in [-0.2, -0.15) is 26.3 Å². The predicted octanol–water partition coefficient (Wildman–Crippen LogP) is 3.85. The molecule has 0 radical (unpaired) electrons. The summed E-state index contributed by atoms with van der Waals surface area (Å²) in [6, 6.07) is 1.06. The Balaban J connectivity index is 2.49. The number of alkyl halides is 6. The van der Waals surface area contributed by atoms with E-state index < -0.39 is 41.7 Å². The first kappa shape index (κ1) is 20.5. The first-order valence-electron chi connectivity index (χ1n) is 7.51. The number of aromatic carboxylic acids is 1. The molecule has 2 aromatic rings. The van der Waals surface area contributed by atoms with Crippen LogP contribution in [0.15, 0.2) is 18.2 Å². The van der Waals surface area contributed by atoms with Crippen LogP contribution < -0.4 is 4.74 Å². The second-order valence-corrected chi connectivity index (χ2v) is 5.47. The number of aromatic nitrogens is 3. The normalized spacial score (nSPS) is 12.3. The Bertz CT molecular complexity index is 797. The monoisotopic (exact) mass is 397 g/mol.